The van der Waals surface area contributed by atoms with Crippen molar-refractivity contribution in [3.8, 4) is 0 Å². The van der Waals surface area contributed by atoms with Crippen LogP contribution in [-0.2, 0) is 9.59 Å². The highest BCUT2D eigenvalue weighted by Gasteiger charge is 2.35. The van der Waals surface area contributed by atoms with E-state index < -0.39 is 11.8 Å². The largest absolute Gasteiger partial charge is 0.369 e. The molecule has 0 saturated carbocycles. The van der Waals surface area contributed by atoms with Crippen LogP contribution in [0.4, 0.5) is 15.8 Å². The molecule has 2 fully saturated rings. The molecule has 4 rings (SSSR count). The second kappa shape index (κ2) is 7.99. The molecule has 30 heavy (non-hydrogen) atoms. The molecule has 0 bridgehead atoms. The quantitative estimate of drug-likeness (QED) is 0.463. The Morgan fingerprint density at radius 2 is 1.80 bits per heavy atom. The highest BCUT2D eigenvalue weighted by Crippen LogP contribution is 2.28. The van der Waals surface area contributed by atoms with Gasteiger partial charge in [-0.3, -0.25) is 19.8 Å². The van der Waals surface area contributed by atoms with E-state index in [1.165, 1.54) is 17.0 Å². The van der Waals surface area contributed by atoms with Crippen molar-refractivity contribution in [2.45, 2.75) is 26.7 Å². The Morgan fingerprint density at radius 1 is 1.07 bits per heavy atom. The standard InChI is InChI=1S/C23H22FN3O2S/c1-14-6-5-7-19(15(14)2)27-22(29)17(21(28)25-23(27)30)12-16-8-9-20(18(24)13-16)26-10-3-4-11-26/h5-9,12-13H,3-4,10-11H2,1-2H3,(H,25,28,30)/b17-12+. The van der Waals surface area contributed by atoms with Crippen LogP contribution in [-0.4, -0.2) is 30.0 Å². The van der Waals surface area contributed by atoms with Crippen molar-refractivity contribution in [3.63, 3.8) is 0 Å². The van der Waals surface area contributed by atoms with Crippen LogP contribution in [0.15, 0.2) is 42.0 Å². The number of hydrogen-bond donors (Lipinski definition) is 1. The van der Waals surface area contributed by atoms with Gasteiger partial charge in [-0.2, -0.15) is 0 Å². The van der Waals surface area contributed by atoms with Crippen LogP contribution < -0.4 is 15.1 Å². The highest BCUT2D eigenvalue weighted by molar-refractivity contribution is 7.80. The molecule has 0 aliphatic carbocycles. The molecule has 2 aliphatic rings. The number of amides is 2. The second-order valence-electron chi connectivity index (χ2n) is 7.58. The minimum Gasteiger partial charge on any atom is -0.369 e. The lowest BCUT2D eigenvalue weighted by Gasteiger charge is -2.30. The fourth-order valence-corrected chi connectivity index (χ4v) is 4.12. The molecule has 2 aromatic carbocycles. The van der Waals surface area contributed by atoms with E-state index in [0.29, 0.717) is 16.9 Å². The third-order valence-corrected chi connectivity index (χ3v) is 5.93. The summed E-state index contributed by atoms with van der Waals surface area (Å²) in [7, 11) is 0. The van der Waals surface area contributed by atoms with E-state index in [2.05, 4.69) is 5.32 Å². The Balaban J connectivity index is 1.69. The first-order valence-corrected chi connectivity index (χ1v) is 10.3. The van der Waals surface area contributed by atoms with Gasteiger partial charge in [-0.1, -0.05) is 18.2 Å². The molecule has 2 aromatic rings. The summed E-state index contributed by atoms with van der Waals surface area (Å²) >= 11 is 5.26. The summed E-state index contributed by atoms with van der Waals surface area (Å²) in [5, 5.41) is 2.61. The summed E-state index contributed by atoms with van der Waals surface area (Å²) in [5.41, 5.74) is 3.43. The molecule has 2 amide bonds. The molecular formula is C23H22FN3O2S. The van der Waals surface area contributed by atoms with Crippen LogP contribution in [0.25, 0.3) is 6.08 Å². The van der Waals surface area contributed by atoms with Gasteiger partial charge in [0.1, 0.15) is 11.4 Å². The smallest absolute Gasteiger partial charge is 0.270 e. The Labute approximate surface area is 180 Å². The second-order valence-corrected chi connectivity index (χ2v) is 7.97. The maximum Gasteiger partial charge on any atom is 0.270 e. The lowest BCUT2D eigenvalue weighted by molar-refractivity contribution is -0.122. The Bertz CT molecular complexity index is 1090. The molecular weight excluding hydrogens is 401 g/mol. The molecule has 2 heterocycles. The van der Waals surface area contributed by atoms with Crippen LogP contribution in [0, 0.1) is 19.7 Å². The van der Waals surface area contributed by atoms with Crippen LogP contribution in [0.2, 0.25) is 0 Å². The van der Waals surface area contributed by atoms with E-state index in [1.54, 1.807) is 18.2 Å². The number of rotatable bonds is 3. The normalized spacial score (nSPS) is 18.4. The van der Waals surface area contributed by atoms with Crippen LogP contribution in [0.3, 0.4) is 0 Å². The average Bonchev–Trinajstić information content (AvgIpc) is 3.23. The van der Waals surface area contributed by atoms with Gasteiger partial charge in [0.15, 0.2) is 5.11 Å². The van der Waals surface area contributed by atoms with Gasteiger partial charge in [0, 0.05) is 13.1 Å². The molecule has 2 aliphatic heterocycles. The molecule has 1 N–H and O–H groups in total. The Hall–Kier alpha value is -3.06. The molecule has 5 nitrogen and oxygen atoms in total. The number of nitrogens with zero attached hydrogens (tertiary/aromatic N) is 2. The number of hydrogen-bond acceptors (Lipinski definition) is 4. The highest BCUT2D eigenvalue weighted by atomic mass is 32.1. The van der Waals surface area contributed by atoms with Crippen LogP contribution in [0.1, 0.15) is 29.5 Å². The van der Waals surface area contributed by atoms with E-state index in [-0.39, 0.29) is 16.5 Å². The first-order chi connectivity index (χ1) is 14.4. The summed E-state index contributed by atoms with van der Waals surface area (Å²) in [6.07, 6.45) is 3.51. The Kier molecular flexibility index (Phi) is 5.39. The van der Waals surface area contributed by atoms with E-state index in [0.717, 1.165) is 37.1 Å². The number of carbonyl (C=O) groups is 2. The minimum atomic E-state index is -0.587. The monoisotopic (exact) mass is 423 g/mol. The molecule has 0 radical (unpaired) electrons. The lowest BCUT2D eigenvalue weighted by Crippen LogP contribution is -2.54. The fourth-order valence-electron chi connectivity index (χ4n) is 3.85. The molecule has 7 heteroatoms. The molecule has 0 unspecified atom stereocenters. The topological polar surface area (TPSA) is 52.7 Å². The van der Waals surface area contributed by atoms with Gasteiger partial charge < -0.3 is 4.90 Å². The molecule has 0 spiro atoms. The van der Waals surface area contributed by atoms with Crippen molar-refractivity contribution < 1.29 is 14.0 Å². The number of aryl methyl sites for hydroxylation is 1. The van der Waals surface area contributed by atoms with Crippen molar-refractivity contribution in [1.29, 1.82) is 0 Å². The zero-order valence-electron chi connectivity index (χ0n) is 16.9. The fraction of sp³-hybridized carbons (Fsp3) is 0.261. The van der Waals surface area contributed by atoms with Crippen molar-refractivity contribution >= 4 is 46.6 Å². The van der Waals surface area contributed by atoms with Crippen LogP contribution >= 0.6 is 12.2 Å². The maximum atomic E-state index is 14.7. The summed E-state index contributed by atoms with van der Waals surface area (Å²) in [6.45, 7) is 5.50. The van der Waals surface area contributed by atoms with E-state index in [1.807, 2.05) is 30.9 Å². The molecule has 154 valence electrons. The third kappa shape index (κ3) is 3.61. The van der Waals surface area contributed by atoms with Crippen LogP contribution in [0.5, 0.6) is 0 Å². The summed E-state index contributed by atoms with van der Waals surface area (Å²) in [4.78, 5) is 29.0. The number of anilines is 2. The van der Waals surface area contributed by atoms with Gasteiger partial charge in [-0.25, -0.2) is 4.39 Å². The summed E-state index contributed by atoms with van der Waals surface area (Å²) in [6, 6.07) is 10.3. The zero-order valence-corrected chi connectivity index (χ0v) is 17.7. The zero-order chi connectivity index (χ0) is 21.4. The predicted octanol–water partition coefficient (Wildman–Crippen LogP) is 3.87. The maximum absolute atomic E-state index is 14.7. The number of carbonyl (C=O) groups excluding carboxylic acids is 2. The lowest BCUT2D eigenvalue weighted by atomic mass is 10.0. The number of thiocarbonyl (C=S) groups is 1. The van der Waals surface area contributed by atoms with Crippen molar-refractivity contribution in [2.24, 2.45) is 0 Å². The van der Waals surface area contributed by atoms with Crippen molar-refractivity contribution in [1.82, 2.24) is 5.32 Å². The van der Waals surface area contributed by atoms with Gasteiger partial charge in [-0.15, -0.1) is 0 Å². The molecule has 2 saturated heterocycles. The number of nitrogens with one attached hydrogen (secondary N) is 1. The van der Waals surface area contributed by atoms with Crippen molar-refractivity contribution in [2.75, 3.05) is 22.9 Å². The van der Waals surface area contributed by atoms with E-state index in [9.17, 15) is 14.0 Å². The number of halogens is 1. The summed E-state index contributed by atoms with van der Waals surface area (Å²) in [5.74, 6) is -1.48. The molecule has 0 aromatic heterocycles. The predicted molar refractivity (Wildman–Crippen MR) is 120 cm³/mol. The third-order valence-electron chi connectivity index (χ3n) is 5.65. The number of benzene rings is 2. The SMILES string of the molecule is Cc1cccc(N2C(=O)/C(=C/c3ccc(N4CCCC4)c(F)c3)C(=O)NC2=S)c1C. The average molecular weight is 424 g/mol. The van der Waals surface area contributed by atoms with Gasteiger partial charge in [-0.05, 0) is 79.9 Å². The first-order valence-electron chi connectivity index (χ1n) is 9.89. The van der Waals surface area contributed by atoms with E-state index in [4.69, 9.17) is 12.2 Å². The minimum absolute atomic E-state index is 0.0337. The first kappa shape index (κ1) is 20.2. The van der Waals surface area contributed by atoms with Gasteiger partial charge in [0.05, 0.1) is 11.4 Å². The summed E-state index contributed by atoms with van der Waals surface area (Å²) < 4.78 is 14.7. The van der Waals surface area contributed by atoms with Gasteiger partial charge in [0.2, 0.25) is 0 Å². The van der Waals surface area contributed by atoms with E-state index >= 15 is 0 Å². The van der Waals surface area contributed by atoms with Crippen molar-refractivity contribution in [3.05, 3.63) is 64.5 Å². The molecule has 0 atom stereocenters. The van der Waals surface area contributed by atoms with Gasteiger partial charge >= 0.3 is 0 Å². The Morgan fingerprint density at radius 3 is 2.50 bits per heavy atom. The van der Waals surface area contributed by atoms with Gasteiger partial charge in [0.25, 0.3) is 11.8 Å².